The lowest BCUT2D eigenvalue weighted by Gasteiger charge is -2.27. The molecule has 0 amide bonds. The summed E-state index contributed by atoms with van der Waals surface area (Å²) in [5.74, 6) is 2.26. The second-order valence-electron chi connectivity index (χ2n) is 13.9. The smallest absolute Gasteiger partial charge is 0.122 e. The number of aliphatic hydroxyl groups excluding tert-OH is 1. The number of aliphatic hydroxyl groups is 1. The van der Waals surface area contributed by atoms with Crippen LogP contribution in [0.2, 0.25) is 0 Å². The van der Waals surface area contributed by atoms with Crippen LogP contribution in [0.15, 0.2) is 97.1 Å². The number of ether oxygens (including phenoxy) is 6. The SMILES string of the molecule is CC(OCC1CO1)c1ccc(C(C)(C)c2ccc(OCC(O)COc3ccc(C(C)(C)c4ccc(OCC5CO5)cc4)cc3)cc2)cc1. The minimum atomic E-state index is -0.772. The lowest BCUT2D eigenvalue weighted by atomic mass is 9.78. The summed E-state index contributed by atoms with van der Waals surface area (Å²) in [7, 11) is 0. The van der Waals surface area contributed by atoms with Crippen LogP contribution in [0.3, 0.4) is 0 Å². The molecule has 0 bridgehead atoms. The first kappa shape index (κ1) is 34.0. The largest absolute Gasteiger partial charge is 0.491 e. The Morgan fingerprint density at radius 2 is 0.938 bits per heavy atom. The summed E-state index contributed by atoms with van der Waals surface area (Å²) in [6.45, 7) is 14.0. The quantitative estimate of drug-likeness (QED) is 0.119. The standard InChI is InChI=1S/C41H48O7/c1-28(43-24-38-26-47-38)29-6-8-30(9-7-29)40(2,3)31-10-16-35(17-11-31)44-22-34(42)23-45-36-18-12-32(13-19-36)41(4,5)33-14-20-37(21-15-33)46-25-39-27-48-39/h6-21,28,34,38-39,42H,22-27H2,1-5H3. The van der Waals surface area contributed by atoms with Gasteiger partial charge in [0.15, 0.2) is 0 Å². The summed E-state index contributed by atoms with van der Waals surface area (Å²) in [5, 5.41) is 10.6. The van der Waals surface area contributed by atoms with Gasteiger partial charge in [-0.15, -0.1) is 0 Å². The van der Waals surface area contributed by atoms with Crippen molar-refractivity contribution in [1.82, 2.24) is 0 Å². The second kappa shape index (κ2) is 14.7. The van der Waals surface area contributed by atoms with Crippen LogP contribution in [-0.2, 0) is 25.0 Å². The third kappa shape index (κ3) is 8.77. The average molecular weight is 653 g/mol. The molecule has 254 valence electrons. The normalized spacial score (nSPS) is 18.5. The highest BCUT2D eigenvalue weighted by molar-refractivity contribution is 5.43. The first-order chi connectivity index (χ1) is 23.1. The number of rotatable bonds is 17. The van der Waals surface area contributed by atoms with E-state index in [4.69, 9.17) is 28.4 Å². The van der Waals surface area contributed by atoms with Gasteiger partial charge in [-0.3, -0.25) is 0 Å². The molecule has 2 saturated heterocycles. The predicted molar refractivity (Wildman–Crippen MR) is 186 cm³/mol. The average Bonchev–Trinajstić information content (AvgIpc) is 4.05. The summed E-state index contributed by atoms with van der Waals surface area (Å²) in [6, 6.07) is 33.0. The van der Waals surface area contributed by atoms with E-state index in [0.717, 1.165) is 24.5 Å². The molecule has 1 N–H and O–H groups in total. The summed E-state index contributed by atoms with van der Waals surface area (Å²) >= 11 is 0. The predicted octanol–water partition coefficient (Wildman–Crippen LogP) is 7.41. The Morgan fingerprint density at radius 3 is 1.33 bits per heavy atom. The van der Waals surface area contributed by atoms with E-state index in [2.05, 4.69) is 95.3 Å². The molecule has 6 rings (SSSR count). The van der Waals surface area contributed by atoms with Gasteiger partial charge in [-0.2, -0.15) is 0 Å². The first-order valence-electron chi connectivity index (χ1n) is 16.9. The molecule has 2 aliphatic heterocycles. The summed E-state index contributed by atoms with van der Waals surface area (Å²) in [4.78, 5) is 0. The number of hydrogen-bond donors (Lipinski definition) is 1. The van der Waals surface area contributed by atoms with Crippen LogP contribution in [0.5, 0.6) is 17.2 Å². The molecule has 4 atom stereocenters. The Morgan fingerprint density at radius 1 is 0.583 bits per heavy atom. The molecule has 0 radical (unpaired) electrons. The van der Waals surface area contributed by atoms with Gasteiger partial charge in [0.05, 0.1) is 25.9 Å². The molecule has 4 unspecified atom stereocenters. The van der Waals surface area contributed by atoms with Crippen LogP contribution in [0.1, 0.15) is 68.5 Å². The van der Waals surface area contributed by atoms with Crippen molar-refractivity contribution in [2.24, 2.45) is 0 Å². The molecule has 0 aliphatic carbocycles. The lowest BCUT2D eigenvalue weighted by molar-refractivity contribution is 0.0539. The molecular formula is C41H48O7. The molecule has 4 aromatic carbocycles. The molecule has 7 nitrogen and oxygen atoms in total. The monoisotopic (exact) mass is 652 g/mol. The number of epoxide rings is 2. The topological polar surface area (TPSA) is 82.2 Å². The molecule has 48 heavy (non-hydrogen) atoms. The van der Waals surface area contributed by atoms with E-state index >= 15 is 0 Å². The molecule has 4 aromatic rings. The molecule has 0 saturated carbocycles. The molecule has 2 fully saturated rings. The van der Waals surface area contributed by atoms with E-state index in [0.29, 0.717) is 24.7 Å². The Bertz CT molecular complexity index is 1590. The van der Waals surface area contributed by atoms with Gasteiger partial charge in [-0.25, -0.2) is 0 Å². The summed E-state index contributed by atoms with van der Waals surface area (Å²) < 4.78 is 34.0. The minimum absolute atomic E-state index is 0.0323. The van der Waals surface area contributed by atoms with Crippen LogP contribution >= 0.6 is 0 Å². The van der Waals surface area contributed by atoms with Crippen LogP contribution < -0.4 is 14.2 Å². The fourth-order valence-corrected chi connectivity index (χ4v) is 5.71. The van der Waals surface area contributed by atoms with Crippen LogP contribution in [0, 0.1) is 0 Å². The van der Waals surface area contributed by atoms with Gasteiger partial charge in [0.2, 0.25) is 0 Å². The van der Waals surface area contributed by atoms with Gasteiger partial charge in [0.25, 0.3) is 0 Å². The lowest BCUT2D eigenvalue weighted by Crippen LogP contribution is -2.25. The van der Waals surface area contributed by atoms with Gasteiger partial charge >= 0.3 is 0 Å². The Kier molecular flexibility index (Phi) is 10.4. The van der Waals surface area contributed by atoms with E-state index in [-0.39, 0.29) is 42.4 Å². The van der Waals surface area contributed by atoms with E-state index in [1.807, 2.05) is 36.4 Å². The van der Waals surface area contributed by atoms with Crippen molar-refractivity contribution in [3.63, 3.8) is 0 Å². The zero-order valence-electron chi connectivity index (χ0n) is 28.7. The van der Waals surface area contributed by atoms with Crippen LogP contribution in [-0.4, -0.2) is 63.1 Å². The zero-order valence-corrected chi connectivity index (χ0v) is 28.7. The Hall–Kier alpha value is -3.88. The maximum atomic E-state index is 10.6. The van der Waals surface area contributed by atoms with Crippen LogP contribution in [0.25, 0.3) is 0 Å². The van der Waals surface area contributed by atoms with Crippen molar-refractivity contribution in [3.05, 3.63) is 125 Å². The van der Waals surface area contributed by atoms with Gasteiger partial charge in [0, 0.05) is 10.8 Å². The fourth-order valence-electron chi connectivity index (χ4n) is 5.71. The van der Waals surface area contributed by atoms with Crippen molar-refractivity contribution in [2.75, 3.05) is 39.6 Å². The van der Waals surface area contributed by atoms with Crippen molar-refractivity contribution in [2.45, 2.75) is 69.9 Å². The third-order valence-corrected chi connectivity index (χ3v) is 9.49. The van der Waals surface area contributed by atoms with E-state index < -0.39 is 6.10 Å². The number of benzene rings is 4. The highest BCUT2D eigenvalue weighted by atomic mass is 16.6. The highest BCUT2D eigenvalue weighted by Crippen LogP contribution is 2.35. The molecule has 0 aromatic heterocycles. The van der Waals surface area contributed by atoms with Gasteiger partial charge in [-0.05, 0) is 71.1 Å². The molecule has 7 heteroatoms. The Labute approximate surface area is 284 Å². The Balaban J connectivity index is 0.950. The van der Waals surface area contributed by atoms with Gasteiger partial charge < -0.3 is 33.5 Å². The van der Waals surface area contributed by atoms with E-state index in [1.54, 1.807) is 0 Å². The maximum absolute atomic E-state index is 10.6. The van der Waals surface area contributed by atoms with Crippen molar-refractivity contribution in [1.29, 1.82) is 0 Å². The first-order valence-corrected chi connectivity index (χ1v) is 16.9. The van der Waals surface area contributed by atoms with E-state index in [9.17, 15) is 5.11 Å². The van der Waals surface area contributed by atoms with Crippen molar-refractivity contribution < 1.29 is 33.5 Å². The molecule has 0 spiro atoms. The van der Waals surface area contributed by atoms with Crippen molar-refractivity contribution >= 4 is 0 Å². The minimum Gasteiger partial charge on any atom is -0.491 e. The van der Waals surface area contributed by atoms with Gasteiger partial charge in [0.1, 0.15) is 55.4 Å². The maximum Gasteiger partial charge on any atom is 0.122 e. The number of hydrogen-bond acceptors (Lipinski definition) is 7. The molecule has 2 aliphatic rings. The second-order valence-corrected chi connectivity index (χ2v) is 13.9. The zero-order chi connectivity index (χ0) is 33.7. The fraction of sp³-hybridized carbons (Fsp3) is 0.415. The highest BCUT2D eigenvalue weighted by Gasteiger charge is 2.27. The molecule has 2 heterocycles. The third-order valence-electron chi connectivity index (χ3n) is 9.49. The molecular weight excluding hydrogens is 604 g/mol. The van der Waals surface area contributed by atoms with E-state index in [1.165, 1.54) is 22.3 Å². The summed E-state index contributed by atoms with van der Waals surface area (Å²) in [5.41, 5.74) is 5.54. The summed E-state index contributed by atoms with van der Waals surface area (Å²) in [6.07, 6.45) is -0.235. The van der Waals surface area contributed by atoms with Gasteiger partial charge in [-0.1, -0.05) is 88.4 Å². The van der Waals surface area contributed by atoms with Crippen LogP contribution in [0.4, 0.5) is 0 Å². The van der Waals surface area contributed by atoms with Crippen molar-refractivity contribution in [3.8, 4) is 17.2 Å².